The lowest BCUT2D eigenvalue weighted by Crippen LogP contribution is -2.25. The van der Waals surface area contributed by atoms with Crippen LogP contribution in [0.15, 0.2) is 42.5 Å². The molecule has 2 aromatic carbocycles. The number of benzene rings is 2. The number of methoxy groups -OCH3 is 2. The van der Waals surface area contributed by atoms with E-state index in [-0.39, 0.29) is 17.7 Å². The number of carbonyl (C=O) groups excluding carboxylic acids is 1. The molecular weight excluding hydrogens is 326 g/mol. The quantitative estimate of drug-likeness (QED) is 0.821. The van der Waals surface area contributed by atoms with Gasteiger partial charge in [-0.15, -0.1) is 0 Å². The van der Waals surface area contributed by atoms with Crippen molar-refractivity contribution in [3.8, 4) is 11.5 Å². The Bertz CT molecular complexity index is 698. The smallest absolute Gasteiger partial charge is 0.232 e. The van der Waals surface area contributed by atoms with E-state index in [1.54, 1.807) is 44.6 Å². The first-order valence-electron chi connectivity index (χ1n) is 7.74. The summed E-state index contributed by atoms with van der Waals surface area (Å²) >= 11 is 5.95. The Hall–Kier alpha value is -2.20. The molecule has 0 saturated heterocycles. The topological polar surface area (TPSA) is 47.6 Å². The Morgan fingerprint density at radius 3 is 2.25 bits per heavy atom. The van der Waals surface area contributed by atoms with Gasteiger partial charge in [0, 0.05) is 11.1 Å². The van der Waals surface area contributed by atoms with Gasteiger partial charge in [-0.2, -0.15) is 0 Å². The van der Waals surface area contributed by atoms with Crippen molar-refractivity contribution in [1.29, 1.82) is 0 Å². The van der Waals surface area contributed by atoms with Crippen molar-refractivity contribution in [3.05, 3.63) is 53.1 Å². The maximum Gasteiger partial charge on any atom is 0.232 e. The summed E-state index contributed by atoms with van der Waals surface area (Å²) in [5.41, 5.74) is 1.51. The Morgan fingerprint density at radius 2 is 1.71 bits per heavy atom. The highest BCUT2D eigenvalue weighted by Crippen LogP contribution is 2.32. The molecule has 0 fully saturated rings. The number of ether oxygens (including phenoxy) is 2. The summed E-state index contributed by atoms with van der Waals surface area (Å²) in [6.45, 7) is 4.03. The molecular formula is C19H22ClNO3. The molecule has 1 amide bonds. The Labute approximate surface area is 147 Å². The monoisotopic (exact) mass is 347 g/mol. The molecule has 1 unspecified atom stereocenters. The summed E-state index contributed by atoms with van der Waals surface area (Å²) in [6.07, 6.45) is 0. The second-order valence-electron chi connectivity index (χ2n) is 5.83. The number of rotatable bonds is 6. The zero-order valence-electron chi connectivity index (χ0n) is 14.3. The molecule has 0 spiro atoms. The molecule has 2 aromatic rings. The first-order chi connectivity index (χ1) is 11.5. The van der Waals surface area contributed by atoms with Gasteiger partial charge in [-0.25, -0.2) is 0 Å². The molecule has 0 saturated carbocycles. The van der Waals surface area contributed by atoms with Crippen LogP contribution < -0.4 is 14.8 Å². The standard InChI is InChI=1S/C19H22ClNO3/c1-12(2)18(13-5-7-14(20)8-6-13)19(22)21-16-11-15(23-3)9-10-17(16)24-4/h5-12,18H,1-4H3,(H,21,22). The van der Waals surface area contributed by atoms with Gasteiger partial charge < -0.3 is 14.8 Å². The maximum absolute atomic E-state index is 12.9. The van der Waals surface area contributed by atoms with Gasteiger partial charge in [0.15, 0.2) is 0 Å². The molecule has 0 radical (unpaired) electrons. The number of carbonyl (C=O) groups is 1. The lowest BCUT2D eigenvalue weighted by Gasteiger charge is -2.22. The first kappa shape index (κ1) is 18.1. The van der Waals surface area contributed by atoms with Crippen LogP contribution in [-0.4, -0.2) is 20.1 Å². The average molecular weight is 348 g/mol. The molecule has 128 valence electrons. The number of nitrogens with one attached hydrogen (secondary N) is 1. The Balaban J connectivity index is 2.30. The molecule has 1 N–H and O–H groups in total. The molecule has 1 atom stereocenters. The van der Waals surface area contributed by atoms with Crippen LogP contribution in [0.1, 0.15) is 25.3 Å². The van der Waals surface area contributed by atoms with Crippen molar-refractivity contribution >= 4 is 23.2 Å². The van der Waals surface area contributed by atoms with E-state index in [2.05, 4.69) is 5.32 Å². The summed E-state index contributed by atoms with van der Waals surface area (Å²) < 4.78 is 10.5. The number of anilines is 1. The van der Waals surface area contributed by atoms with E-state index in [9.17, 15) is 4.79 Å². The summed E-state index contributed by atoms with van der Waals surface area (Å²) in [7, 11) is 3.15. The molecule has 5 heteroatoms. The lowest BCUT2D eigenvalue weighted by atomic mass is 9.87. The van der Waals surface area contributed by atoms with E-state index in [0.29, 0.717) is 22.2 Å². The van der Waals surface area contributed by atoms with E-state index < -0.39 is 0 Å². The van der Waals surface area contributed by atoms with E-state index in [1.165, 1.54) is 0 Å². The van der Waals surface area contributed by atoms with Gasteiger partial charge in [0.2, 0.25) is 5.91 Å². The largest absolute Gasteiger partial charge is 0.497 e. The van der Waals surface area contributed by atoms with E-state index in [1.807, 2.05) is 26.0 Å². The van der Waals surface area contributed by atoms with Crippen molar-refractivity contribution in [3.63, 3.8) is 0 Å². The number of amides is 1. The van der Waals surface area contributed by atoms with Crippen LogP contribution in [0.25, 0.3) is 0 Å². The van der Waals surface area contributed by atoms with Gasteiger partial charge >= 0.3 is 0 Å². The van der Waals surface area contributed by atoms with Crippen LogP contribution in [0.3, 0.4) is 0 Å². The number of halogens is 1. The molecule has 0 aliphatic carbocycles. The van der Waals surface area contributed by atoms with Crippen LogP contribution in [0, 0.1) is 5.92 Å². The fourth-order valence-corrected chi connectivity index (χ4v) is 2.76. The van der Waals surface area contributed by atoms with E-state index in [4.69, 9.17) is 21.1 Å². The summed E-state index contributed by atoms with van der Waals surface area (Å²) in [5.74, 6) is 0.973. The second-order valence-corrected chi connectivity index (χ2v) is 6.27. The lowest BCUT2D eigenvalue weighted by molar-refractivity contribution is -0.118. The van der Waals surface area contributed by atoms with Gasteiger partial charge in [0.25, 0.3) is 0 Å². The molecule has 0 heterocycles. The highest BCUT2D eigenvalue weighted by atomic mass is 35.5. The molecule has 0 aromatic heterocycles. The van der Waals surface area contributed by atoms with Crippen LogP contribution >= 0.6 is 11.6 Å². The normalized spacial score (nSPS) is 11.9. The van der Waals surface area contributed by atoms with Crippen molar-refractivity contribution < 1.29 is 14.3 Å². The zero-order valence-corrected chi connectivity index (χ0v) is 15.1. The van der Waals surface area contributed by atoms with Crippen LogP contribution in [-0.2, 0) is 4.79 Å². The van der Waals surface area contributed by atoms with Gasteiger partial charge in [-0.1, -0.05) is 37.6 Å². The van der Waals surface area contributed by atoms with Gasteiger partial charge in [0.05, 0.1) is 25.8 Å². The molecule has 24 heavy (non-hydrogen) atoms. The third-order valence-corrected chi connectivity index (χ3v) is 4.09. The van der Waals surface area contributed by atoms with Gasteiger partial charge in [-0.3, -0.25) is 4.79 Å². The minimum atomic E-state index is -0.293. The third-order valence-electron chi connectivity index (χ3n) is 3.84. The Morgan fingerprint density at radius 1 is 1.04 bits per heavy atom. The predicted octanol–water partition coefficient (Wildman–Crippen LogP) is 4.74. The summed E-state index contributed by atoms with van der Waals surface area (Å²) in [6, 6.07) is 12.7. The number of hydrogen-bond acceptors (Lipinski definition) is 3. The predicted molar refractivity (Wildman–Crippen MR) is 97.2 cm³/mol. The number of hydrogen-bond donors (Lipinski definition) is 1. The average Bonchev–Trinajstić information content (AvgIpc) is 2.56. The summed E-state index contributed by atoms with van der Waals surface area (Å²) in [4.78, 5) is 12.9. The first-order valence-corrected chi connectivity index (χ1v) is 8.12. The van der Waals surface area contributed by atoms with Crippen LogP contribution in [0.4, 0.5) is 5.69 Å². The second kappa shape index (κ2) is 8.06. The van der Waals surface area contributed by atoms with Crippen molar-refractivity contribution in [1.82, 2.24) is 0 Å². The minimum Gasteiger partial charge on any atom is -0.497 e. The zero-order chi connectivity index (χ0) is 17.7. The highest BCUT2D eigenvalue weighted by Gasteiger charge is 2.25. The van der Waals surface area contributed by atoms with Crippen molar-refractivity contribution in [2.45, 2.75) is 19.8 Å². The maximum atomic E-state index is 12.9. The van der Waals surface area contributed by atoms with Crippen LogP contribution in [0.5, 0.6) is 11.5 Å². The molecule has 4 nitrogen and oxygen atoms in total. The fourth-order valence-electron chi connectivity index (χ4n) is 2.63. The van der Waals surface area contributed by atoms with Gasteiger partial charge in [-0.05, 0) is 35.7 Å². The molecule has 2 rings (SSSR count). The van der Waals surface area contributed by atoms with Crippen molar-refractivity contribution in [2.24, 2.45) is 5.92 Å². The van der Waals surface area contributed by atoms with Crippen molar-refractivity contribution in [2.75, 3.05) is 19.5 Å². The molecule has 0 aliphatic rings. The third kappa shape index (κ3) is 4.20. The van der Waals surface area contributed by atoms with Crippen LogP contribution in [0.2, 0.25) is 5.02 Å². The van der Waals surface area contributed by atoms with Gasteiger partial charge in [0.1, 0.15) is 11.5 Å². The summed E-state index contributed by atoms with van der Waals surface area (Å²) in [5, 5.41) is 3.60. The fraction of sp³-hybridized carbons (Fsp3) is 0.316. The highest BCUT2D eigenvalue weighted by molar-refractivity contribution is 6.30. The minimum absolute atomic E-state index is 0.0983. The molecule has 0 bridgehead atoms. The SMILES string of the molecule is COc1ccc(OC)c(NC(=O)C(c2ccc(Cl)cc2)C(C)C)c1. The van der Waals surface area contributed by atoms with E-state index >= 15 is 0 Å². The van der Waals surface area contributed by atoms with E-state index in [0.717, 1.165) is 5.56 Å². The molecule has 0 aliphatic heterocycles. The Kier molecular flexibility index (Phi) is 6.10.